The zero-order chi connectivity index (χ0) is 22.5. The Morgan fingerprint density at radius 3 is 2.32 bits per heavy atom. The Morgan fingerprint density at radius 2 is 1.74 bits per heavy atom. The highest BCUT2D eigenvalue weighted by molar-refractivity contribution is 7.80. The van der Waals surface area contributed by atoms with Crippen LogP contribution >= 0.6 is 23.8 Å². The van der Waals surface area contributed by atoms with Crippen molar-refractivity contribution in [3.8, 4) is 5.75 Å². The van der Waals surface area contributed by atoms with Crippen LogP contribution in [0.25, 0.3) is 0 Å². The lowest BCUT2D eigenvalue weighted by atomic mass is 10.1. The van der Waals surface area contributed by atoms with Gasteiger partial charge in [0.1, 0.15) is 18.3 Å². The molecule has 10 heteroatoms. The van der Waals surface area contributed by atoms with Gasteiger partial charge in [-0.2, -0.15) is 0 Å². The average Bonchev–Trinajstić information content (AvgIpc) is 2.99. The van der Waals surface area contributed by atoms with E-state index in [1.807, 2.05) is 0 Å². The van der Waals surface area contributed by atoms with Gasteiger partial charge in [0, 0.05) is 10.7 Å². The van der Waals surface area contributed by atoms with E-state index < -0.39 is 23.8 Å². The molecular formula is C21H20ClN3O5S. The summed E-state index contributed by atoms with van der Waals surface area (Å²) >= 11 is 11.3. The first-order valence-electron chi connectivity index (χ1n) is 9.25. The number of rotatable bonds is 7. The van der Waals surface area contributed by atoms with E-state index in [9.17, 15) is 14.4 Å². The average molecular weight is 462 g/mol. The van der Waals surface area contributed by atoms with Gasteiger partial charge in [0.15, 0.2) is 5.11 Å². The standard InChI is InChI=1S/C21H20ClN3O5S/c1-29-16-9-7-15(8-10-16)25-20(28)17(24(21(25)31)12-19(27)30-2)11-18(26)23-14-5-3-13(22)4-6-14/h3-10,17H,11-12H2,1-2H3,(H,23,26). The van der Waals surface area contributed by atoms with E-state index in [4.69, 9.17) is 33.3 Å². The number of carbonyl (C=O) groups is 3. The Kier molecular flexibility index (Phi) is 7.09. The van der Waals surface area contributed by atoms with Crippen LogP contribution in [-0.2, 0) is 19.1 Å². The number of methoxy groups -OCH3 is 2. The van der Waals surface area contributed by atoms with Crippen molar-refractivity contribution in [2.75, 3.05) is 31.0 Å². The van der Waals surface area contributed by atoms with Crippen LogP contribution in [0, 0.1) is 0 Å². The Labute approximate surface area is 189 Å². The van der Waals surface area contributed by atoms with Crippen molar-refractivity contribution < 1.29 is 23.9 Å². The summed E-state index contributed by atoms with van der Waals surface area (Å²) in [7, 11) is 2.78. The van der Waals surface area contributed by atoms with E-state index in [0.29, 0.717) is 22.1 Å². The first kappa shape index (κ1) is 22.5. The van der Waals surface area contributed by atoms with Crippen molar-refractivity contribution in [2.45, 2.75) is 12.5 Å². The number of anilines is 2. The third-order valence-corrected chi connectivity index (χ3v) is 5.35. The van der Waals surface area contributed by atoms with Crippen LogP contribution in [0.15, 0.2) is 48.5 Å². The van der Waals surface area contributed by atoms with Gasteiger partial charge in [-0.1, -0.05) is 11.6 Å². The highest BCUT2D eigenvalue weighted by Crippen LogP contribution is 2.29. The molecule has 2 amide bonds. The summed E-state index contributed by atoms with van der Waals surface area (Å²) in [5, 5.41) is 3.37. The molecule has 0 radical (unpaired) electrons. The number of thiocarbonyl (C=S) groups is 1. The Hall–Kier alpha value is -3.17. The topological polar surface area (TPSA) is 88.2 Å². The maximum atomic E-state index is 13.2. The van der Waals surface area contributed by atoms with Crippen LogP contribution in [0.4, 0.5) is 11.4 Å². The van der Waals surface area contributed by atoms with Crippen LogP contribution in [0.5, 0.6) is 5.75 Å². The van der Waals surface area contributed by atoms with Gasteiger partial charge in [-0.3, -0.25) is 19.3 Å². The van der Waals surface area contributed by atoms with Gasteiger partial charge in [0.25, 0.3) is 5.91 Å². The van der Waals surface area contributed by atoms with E-state index in [1.54, 1.807) is 48.5 Å². The Morgan fingerprint density at radius 1 is 1.10 bits per heavy atom. The molecule has 1 aliphatic heterocycles. The highest BCUT2D eigenvalue weighted by atomic mass is 35.5. The number of hydrogen-bond acceptors (Lipinski definition) is 6. The smallest absolute Gasteiger partial charge is 0.325 e. The molecule has 1 atom stereocenters. The van der Waals surface area contributed by atoms with Gasteiger partial charge >= 0.3 is 5.97 Å². The molecule has 3 rings (SSSR count). The van der Waals surface area contributed by atoms with Crippen molar-refractivity contribution in [2.24, 2.45) is 0 Å². The Balaban J connectivity index is 1.83. The van der Waals surface area contributed by atoms with Gasteiger partial charge in [0.2, 0.25) is 5.91 Å². The van der Waals surface area contributed by atoms with E-state index in [1.165, 1.54) is 24.0 Å². The molecular weight excluding hydrogens is 442 g/mol. The summed E-state index contributed by atoms with van der Waals surface area (Å²) in [6.07, 6.45) is -0.203. The van der Waals surface area contributed by atoms with Gasteiger partial charge in [0.05, 0.1) is 26.3 Å². The largest absolute Gasteiger partial charge is 0.497 e. The molecule has 0 bridgehead atoms. The van der Waals surface area contributed by atoms with E-state index in [0.717, 1.165) is 0 Å². The molecule has 162 valence electrons. The molecule has 1 aliphatic rings. The third-order valence-electron chi connectivity index (χ3n) is 4.68. The predicted octanol–water partition coefficient (Wildman–Crippen LogP) is 2.85. The lowest BCUT2D eigenvalue weighted by Crippen LogP contribution is -2.41. The van der Waals surface area contributed by atoms with Crippen LogP contribution in [-0.4, -0.2) is 54.6 Å². The number of ether oxygens (including phenoxy) is 2. The third kappa shape index (κ3) is 5.12. The fraction of sp³-hybridized carbons (Fsp3) is 0.238. The lowest BCUT2D eigenvalue weighted by molar-refractivity contribution is -0.141. The molecule has 2 aromatic carbocycles. The number of carbonyl (C=O) groups excluding carboxylic acids is 3. The summed E-state index contributed by atoms with van der Waals surface area (Å²) < 4.78 is 9.87. The van der Waals surface area contributed by atoms with E-state index in [-0.39, 0.29) is 18.1 Å². The second-order valence-corrected chi connectivity index (χ2v) is 7.43. The predicted molar refractivity (Wildman–Crippen MR) is 120 cm³/mol. The molecule has 31 heavy (non-hydrogen) atoms. The quantitative estimate of drug-likeness (QED) is 0.501. The molecule has 1 N–H and O–H groups in total. The molecule has 0 aliphatic carbocycles. The van der Waals surface area contributed by atoms with Crippen molar-refractivity contribution in [1.29, 1.82) is 0 Å². The second kappa shape index (κ2) is 9.76. The Bertz CT molecular complexity index is 997. The van der Waals surface area contributed by atoms with E-state index in [2.05, 4.69) is 5.32 Å². The number of nitrogens with zero attached hydrogens (tertiary/aromatic N) is 2. The first-order valence-corrected chi connectivity index (χ1v) is 10.0. The first-order chi connectivity index (χ1) is 14.8. The van der Waals surface area contributed by atoms with Crippen LogP contribution in [0.1, 0.15) is 6.42 Å². The maximum Gasteiger partial charge on any atom is 0.325 e. The maximum absolute atomic E-state index is 13.2. The number of halogens is 1. The van der Waals surface area contributed by atoms with E-state index >= 15 is 0 Å². The number of benzene rings is 2. The van der Waals surface area contributed by atoms with Crippen molar-refractivity contribution in [3.05, 3.63) is 53.6 Å². The summed E-state index contributed by atoms with van der Waals surface area (Å²) in [6.45, 7) is -0.257. The molecule has 8 nitrogen and oxygen atoms in total. The molecule has 1 saturated heterocycles. The summed E-state index contributed by atoms with van der Waals surface area (Å²) in [4.78, 5) is 40.4. The summed E-state index contributed by atoms with van der Waals surface area (Å²) in [6, 6.07) is 12.4. The molecule has 0 spiro atoms. The molecule has 2 aromatic rings. The zero-order valence-corrected chi connectivity index (χ0v) is 18.4. The van der Waals surface area contributed by atoms with Gasteiger partial charge in [-0.25, -0.2) is 0 Å². The molecule has 1 heterocycles. The molecule has 1 fully saturated rings. The molecule has 0 aromatic heterocycles. The minimum atomic E-state index is -0.957. The molecule has 1 unspecified atom stereocenters. The number of hydrogen-bond donors (Lipinski definition) is 1. The monoisotopic (exact) mass is 461 g/mol. The van der Waals surface area contributed by atoms with Crippen molar-refractivity contribution >= 4 is 58.1 Å². The number of amides is 2. The zero-order valence-electron chi connectivity index (χ0n) is 16.8. The lowest BCUT2D eigenvalue weighted by Gasteiger charge is -2.22. The van der Waals surface area contributed by atoms with Crippen molar-refractivity contribution in [3.63, 3.8) is 0 Å². The summed E-state index contributed by atoms with van der Waals surface area (Å²) in [5.41, 5.74) is 1.04. The summed E-state index contributed by atoms with van der Waals surface area (Å²) in [5.74, 6) is -0.776. The molecule has 0 saturated carbocycles. The number of nitrogens with one attached hydrogen (secondary N) is 1. The SMILES string of the molecule is COC(=O)CN1C(=S)N(c2ccc(OC)cc2)C(=O)C1CC(=O)Nc1ccc(Cl)cc1. The van der Waals surface area contributed by atoms with Gasteiger partial charge in [-0.15, -0.1) is 0 Å². The second-order valence-electron chi connectivity index (χ2n) is 6.63. The van der Waals surface area contributed by atoms with Crippen molar-refractivity contribution in [1.82, 2.24) is 4.90 Å². The van der Waals surface area contributed by atoms with Gasteiger partial charge in [-0.05, 0) is 60.7 Å². The minimum absolute atomic E-state index is 0.116. The van der Waals surface area contributed by atoms with Crippen LogP contribution in [0.3, 0.4) is 0 Å². The highest BCUT2D eigenvalue weighted by Gasteiger charge is 2.45. The normalized spacial score (nSPS) is 15.8. The minimum Gasteiger partial charge on any atom is -0.497 e. The van der Waals surface area contributed by atoms with Crippen LogP contribution in [0.2, 0.25) is 5.02 Å². The van der Waals surface area contributed by atoms with Crippen LogP contribution < -0.4 is 15.0 Å². The van der Waals surface area contributed by atoms with Gasteiger partial charge < -0.3 is 19.7 Å². The fourth-order valence-corrected chi connectivity index (χ4v) is 3.62. The number of esters is 1. The fourth-order valence-electron chi connectivity index (χ4n) is 3.11.